The summed E-state index contributed by atoms with van der Waals surface area (Å²) in [5.74, 6) is -0.237. The van der Waals surface area contributed by atoms with Crippen LogP contribution < -0.4 is 5.32 Å². The number of hydrogen-bond donors (Lipinski definition) is 1. The Bertz CT molecular complexity index is 419. The van der Waals surface area contributed by atoms with E-state index in [0.717, 1.165) is 0 Å². The lowest BCUT2D eigenvalue weighted by Gasteiger charge is -2.18. The number of pyridine rings is 1. The third-order valence-corrected chi connectivity index (χ3v) is 2.13. The zero-order valence-electron chi connectivity index (χ0n) is 10.00. The predicted octanol–water partition coefficient (Wildman–Crippen LogP) is 2.27. The van der Waals surface area contributed by atoms with E-state index in [1.807, 2.05) is 20.8 Å². The summed E-state index contributed by atoms with van der Waals surface area (Å²) in [7, 11) is 0. The minimum absolute atomic E-state index is 0.114. The Morgan fingerprint density at radius 1 is 1.31 bits per heavy atom. The molecule has 0 saturated heterocycles. The molecular weight excluding hydrogens is 204 g/mol. The van der Waals surface area contributed by atoms with E-state index < -0.39 is 5.41 Å². The van der Waals surface area contributed by atoms with Gasteiger partial charge in [0.25, 0.3) is 0 Å². The number of rotatable bonds is 2. The molecule has 0 aliphatic heterocycles. The minimum atomic E-state index is -0.489. The van der Waals surface area contributed by atoms with E-state index in [0.29, 0.717) is 11.3 Å². The van der Waals surface area contributed by atoms with Crippen molar-refractivity contribution in [1.29, 1.82) is 0 Å². The zero-order chi connectivity index (χ0) is 12.3. The van der Waals surface area contributed by atoms with Crippen LogP contribution in [0.25, 0.3) is 0 Å². The van der Waals surface area contributed by atoms with Crippen LogP contribution in [0.5, 0.6) is 0 Å². The molecule has 0 aromatic carbocycles. The predicted molar refractivity (Wildman–Crippen MR) is 62.3 cm³/mol. The largest absolute Gasteiger partial charge is 0.325 e. The molecule has 0 unspecified atom stereocenters. The lowest BCUT2D eigenvalue weighted by Crippen LogP contribution is -2.28. The fourth-order valence-corrected chi connectivity index (χ4v) is 1.09. The number of carbonyl (C=O) groups excluding carboxylic acids is 2. The van der Waals surface area contributed by atoms with Gasteiger partial charge in [0.1, 0.15) is 0 Å². The lowest BCUT2D eigenvalue weighted by molar-refractivity contribution is -0.123. The molecule has 1 N–H and O–H groups in total. The zero-order valence-corrected chi connectivity index (χ0v) is 10.00. The van der Waals surface area contributed by atoms with E-state index in [-0.39, 0.29) is 11.7 Å². The van der Waals surface area contributed by atoms with Gasteiger partial charge in [0.2, 0.25) is 5.91 Å². The highest BCUT2D eigenvalue weighted by molar-refractivity contribution is 6.04. The molecule has 4 heteroatoms. The number of ketones is 1. The summed E-state index contributed by atoms with van der Waals surface area (Å²) < 4.78 is 0. The average molecular weight is 220 g/mol. The molecular formula is C12H16N2O2. The summed E-state index contributed by atoms with van der Waals surface area (Å²) in [6, 6.07) is 1.63. The first-order valence-corrected chi connectivity index (χ1v) is 5.09. The van der Waals surface area contributed by atoms with Gasteiger partial charge in [-0.25, -0.2) is 0 Å². The van der Waals surface area contributed by atoms with Crippen LogP contribution in [0.4, 0.5) is 5.69 Å². The van der Waals surface area contributed by atoms with Crippen LogP contribution in [0.1, 0.15) is 38.1 Å². The fraction of sp³-hybridized carbons (Fsp3) is 0.417. The number of nitrogens with one attached hydrogen (secondary N) is 1. The monoisotopic (exact) mass is 220 g/mol. The van der Waals surface area contributed by atoms with Gasteiger partial charge < -0.3 is 5.32 Å². The number of aromatic nitrogens is 1. The maximum atomic E-state index is 11.8. The molecule has 16 heavy (non-hydrogen) atoms. The number of hydrogen-bond acceptors (Lipinski definition) is 3. The van der Waals surface area contributed by atoms with Crippen LogP contribution in [0.2, 0.25) is 0 Å². The average Bonchev–Trinajstić information content (AvgIpc) is 2.16. The normalized spacial score (nSPS) is 11.0. The van der Waals surface area contributed by atoms with Crippen molar-refractivity contribution >= 4 is 17.4 Å². The van der Waals surface area contributed by atoms with Gasteiger partial charge in [0, 0.05) is 17.8 Å². The standard InChI is InChI=1S/C12H16N2O2/c1-8(15)9-7-13-6-5-10(9)14-11(16)12(2,3)4/h5-7H,1-4H3,(H,13,14,16). The number of nitrogens with zero attached hydrogens (tertiary/aromatic N) is 1. The van der Waals surface area contributed by atoms with Crippen molar-refractivity contribution in [2.75, 3.05) is 5.32 Å². The van der Waals surface area contributed by atoms with E-state index in [2.05, 4.69) is 10.3 Å². The molecule has 1 heterocycles. The van der Waals surface area contributed by atoms with Gasteiger partial charge in [0.05, 0.1) is 11.3 Å². The quantitative estimate of drug-likeness (QED) is 0.778. The van der Waals surface area contributed by atoms with Gasteiger partial charge in [-0.3, -0.25) is 14.6 Å². The molecule has 0 bridgehead atoms. The van der Waals surface area contributed by atoms with Gasteiger partial charge in [-0.15, -0.1) is 0 Å². The molecule has 4 nitrogen and oxygen atoms in total. The van der Waals surface area contributed by atoms with Crippen LogP contribution in [-0.2, 0) is 4.79 Å². The summed E-state index contributed by atoms with van der Waals surface area (Å²) in [4.78, 5) is 26.9. The highest BCUT2D eigenvalue weighted by Crippen LogP contribution is 2.19. The van der Waals surface area contributed by atoms with E-state index in [9.17, 15) is 9.59 Å². The highest BCUT2D eigenvalue weighted by Gasteiger charge is 2.22. The number of anilines is 1. The van der Waals surface area contributed by atoms with Crippen molar-refractivity contribution in [3.05, 3.63) is 24.0 Å². The van der Waals surface area contributed by atoms with Crippen LogP contribution >= 0.6 is 0 Å². The Hall–Kier alpha value is -1.71. The molecule has 0 aliphatic rings. The molecule has 0 spiro atoms. The van der Waals surface area contributed by atoms with Crippen LogP contribution in [-0.4, -0.2) is 16.7 Å². The fourth-order valence-electron chi connectivity index (χ4n) is 1.09. The Kier molecular flexibility index (Phi) is 3.42. The Morgan fingerprint density at radius 3 is 2.44 bits per heavy atom. The van der Waals surface area contributed by atoms with Gasteiger partial charge in [-0.1, -0.05) is 20.8 Å². The number of amides is 1. The smallest absolute Gasteiger partial charge is 0.229 e. The van der Waals surface area contributed by atoms with E-state index >= 15 is 0 Å². The first kappa shape index (κ1) is 12.4. The van der Waals surface area contributed by atoms with Crippen molar-refractivity contribution in [2.45, 2.75) is 27.7 Å². The minimum Gasteiger partial charge on any atom is -0.325 e. The molecule has 86 valence electrons. The van der Waals surface area contributed by atoms with Crippen molar-refractivity contribution in [3.63, 3.8) is 0 Å². The third-order valence-electron chi connectivity index (χ3n) is 2.13. The molecule has 0 saturated carbocycles. The lowest BCUT2D eigenvalue weighted by atomic mass is 9.95. The summed E-state index contributed by atoms with van der Waals surface area (Å²) in [6.45, 7) is 6.90. The molecule has 1 aromatic rings. The van der Waals surface area contributed by atoms with Crippen LogP contribution in [0.15, 0.2) is 18.5 Å². The first-order valence-electron chi connectivity index (χ1n) is 5.09. The summed E-state index contributed by atoms with van der Waals surface area (Å²) in [6.07, 6.45) is 3.01. The van der Waals surface area contributed by atoms with Crippen LogP contribution in [0.3, 0.4) is 0 Å². The van der Waals surface area contributed by atoms with Crippen molar-refractivity contribution in [1.82, 2.24) is 4.98 Å². The second-order valence-corrected chi connectivity index (χ2v) is 4.68. The van der Waals surface area contributed by atoms with Crippen molar-refractivity contribution < 1.29 is 9.59 Å². The number of Topliss-reactive ketones (excluding diaryl/α,β-unsaturated/α-hetero) is 1. The van der Waals surface area contributed by atoms with Crippen molar-refractivity contribution in [3.8, 4) is 0 Å². The number of carbonyl (C=O) groups is 2. The van der Waals surface area contributed by atoms with E-state index in [1.165, 1.54) is 13.1 Å². The van der Waals surface area contributed by atoms with Crippen LogP contribution in [0, 0.1) is 5.41 Å². The molecule has 1 aromatic heterocycles. The van der Waals surface area contributed by atoms with Gasteiger partial charge in [-0.05, 0) is 13.0 Å². The Balaban J connectivity index is 2.98. The highest BCUT2D eigenvalue weighted by atomic mass is 16.2. The molecule has 0 fully saturated rings. The summed E-state index contributed by atoms with van der Waals surface area (Å²) in [5.41, 5.74) is 0.458. The SMILES string of the molecule is CC(=O)c1cnccc1NC(=O)C(C)(C)C. The van der Waals surface area contributed by atoms with Gasteiger partial charge in [0.15, 0.2) is 5.78 Å². The molecule has 0 aliphatic carbocycles. The molecule has 0 atom stereocenters. The third kappa shape index (κ3) is 2.89. The Morgan fingerprint density at radius 2 is 1.94 bits per heavy atom. The topological polar surface area (TPSA) is 59.1 Å². The second kappa shape index (κ2) is 4.43. The van der Waals surface area contributed by atoms with Gasteiger partial charge in [-0.2, -0.15) is 0 Å². The maximum Gasteiger partial charge on any atom is 0.229 e. The second-order valence-electron chi connectivity index (χ2n) is 4.68. The van der Waals surface area contributed by atoms with E-state index in [1.54, 1.807) is 12.3 Å². The summed E-state index contributed by atoms with van der Waals surface area (Å²) >= 11 is 0. The Labute approximate surface area is 95.1 Å². The van der Waals surface area contributed by atoms with E-state index in [4.69, 9.17) is 0 Å². The van der Waals surface area contributed by atoms with Gasteiger partial charge >= 0.3 is 0 Å². The first-order chi connectivity index (χ1) is 7.32. The molecule has 1 amide bonds. The maximum absolute atomic E-state index is 11.8. The summed E-state index contributed by atoms with van der Waals surface area (Å²) in [5, 5.41) is 2.73. The van der Waals surface area contributed by atoms with Crippen molar-refractivity contribution in [2.24, 2.45) is 5.41 Å². The molecule has 1 rings (SSSR count). The molecule has 0 radical (unpaired) electrons.